The van der Waals surface area contributed by atoms with Gasteiger partial charge in [0.2, 0.25) is 5.91 Å². The van der Waals surface area contributed by atoms with Gasteiger partial charge in [0.1, 0.15) is 5.60 Å². The molecule has 0 aromatic carbocycles. The first-order valence-corrected chi connectivity index (χ1v) is 3.93. The Balaban J connectivity index is 2.44. The summed E-state index contributed by atoms with van der Waals surface area (Å²) in [6.45, 7) is 6.47. The van der Waals surface area contributed by atoms with Gasteiger partial charge in [-0.05, 0) is 5.92 Å². The van der Waals surface area contributed by atoms with Gasteiger partial charge in [0, 0.05) is 6.92 Å². The number of β-amino-alcohol motifs (C(OH)–C–C–N with tert-alkyl or cyclic N) is 1. The zero-order chi connectivity index (χ0) is 8.65. The van der Waals surface area contributed by atoms with E-state index in [0.717, 1.165) is 0 Å². The molecule has 1 rings (SSSR count). The van der Waals surface area contributed by atoms with Crippen LogP contribution in [0.15, 0.2) is 0 Å². The molecule has 0 spiro atoms. The summed E-state index contributed by atoms with van der Waals surface area (Å²) in [7, 11) is 0. The first kappa shape index (κ1) is 8.53. The van der Waals surface area contributed by atoms with E-state index in [1.54, 1.807) is 4.90 Å². The second-order valence-corrected chi connectivity index (χ2v) is 3.63. The van der Waals surface area contributed by atoms with E-state index in [9.17, 15) is 9.90 Å². The topological polar surface area (TPSA) is 40.5 Å². The summed E-state index contributed by atoms with van der Waals surface area (Å²) in [6.07, 6.45) is 0. The van der Waals surface area contributed by atoms with Gasteiger partial charge >= 0.3 is 0 Å². The molecule has 1 aliphatic heterocycles. The minimum absolute atomic E-state index is 0.0512. The van der Waals surface area contributed by atoms with Gasteiger partial charge in [0.15, 0.2) is 0 Å². The number of carbonyl (C=O) groups is 1. The third-order valence-corrected chi connectivity index (χ3v) is 2.45. The molecule has 3 heteroatoms. The number of carbonyl (C=O) groups excluding carboxylic acids is 1. The molecule has 0 unspecified atom stereocenters. The molecular weight excluding hydrogens is 142 g/mol. The van der Waals surface area contributed by atoms with Crippen molar-refractivity contribution in [3.8, 4) is 0 Å². The SMILES string of the molecule is CC(=O)N1CC(O)(C(C)C)C1. The van der Waals surface area contributed by atoms with E-state index < -0.39 is 5.60 Å². The molecule has 3 nitrogen and oxygen atoms in total. The molecular formula is C8H15NO2. The molecule has 11 heavy (non-hydrogen) atoms. The van der Waals surface area contributed by atoms with Gasteiger partial charge in [-0.3, -0.25) is 4.79 Å². The molecule has 0 atom stereocenters. The Bertz CT molecular complexity index is 171. The summed E-state index contributed by atoms with van der Waals surface area (Å²) in [5, 5.41) is 9.71. The van der Waals surface area contributed by atoms with Crippen molar-refractivity contribution in [1.82, 2.24) is 4.90 Å². The lowest BCUT2D eigenvalue weighted by atomic mass is 9.83. The molecule has 0 radical (unpaired) electrons. The first-order valence-electron chi connectivity index (χ1n) is 3.93. The van der Waals surface area contributed by atoms with E-state index in [0.29, 0.717) is 13.1 Å². The predicted octanol–water partition coefficient (Wildman–Crippen LogP) is 0.236. The van der Waals surface area contributed by atoms with Crippen LogP contribution in [0.4, 0.5) is 0 Å². The smallest absolute Gasteiger partial charge is 0.219 e. The second kappa shape index (κ2) is 2.48. The summed E-state index contributed by atoms with van der Waals surface area (Å²) in [5.41, 5.74) is -0.619. The summed E-state index contributed by atoms with van der Waals surface area (Å²) >= 11 is 0. The van der Waals surface area contributed by atoms with Crippen molar-refractivity contribution in [2.24, 2.45) is 5.92 Å². The maximum absolute atomic E-state index is 10.8. The number of likely N-dealkylation sites (tertiary alicyclic amines) is 1. The first-order chi connectivity index (χ1) is 4.96. The number of aliphatic hydroxyl groups is 1. The fraction of sp³-hybridized carbons (Fsp3) is 0.875. The highest BCUT2D eigenvalue weighted by molar-refractivity contribution is 5.74. The third-order valence-electron chi connectivity index (χ3n) is 2.45. The molecule has 1 N–H and O–H groups in total. The Hall–Kier alpha value is -0.570. The van der Waals surface area contributed by atoms with E-state index in [1.807, 2.05) is 13.8 Å². The molecule has 0 aromatic heterocycles. The van der Waals surface area contributed by atoms with Crippen LogP contribution in [-0.2, 0) is 4.79 Å². The zero-order valence-corrected chi connectivity index (χ0v) is 7.29. The molecule has 0 aliphatic carbocycles. The molecule has 1 saturated heterocycles. The number of amides is 1. The Labute approximate surface area is 67.0 Å². The largest absolute Gasteiger partial charge is 0.386 e. The van der Waals surface area contributed by atoms with Crippen molar-refractivity contribution in [1.29, 1.82) is 0 Å². The quantitative estimate of drug-likeness (QED) is 0.592. The van der Waals surface area contributed by atoms with Crippen LogP contribution in [0.25, 0.3) is 0 Å². The maximum atomic E-state index is 10.8. The summed E-state index contributed by atoms with van der Waals surface area (Å²) in [5.74, 6) is 0.286. The number of hydrogen-bond acceptors (Lipinski definition) is 2. The monoisotopic (exact) mass is 157 g/mol. The van der Waals surface area contributed by atoms with Crippen LogP contribution in [0, 0.1) is 5.92 Å². The van der Waals surface area contributed by atoms with Gasteiger partial charge in [0.25, 0.3) is 0 Å². The molecule has 0 saturated carbocycles. The van der Waals surface area contributed by atoms with E-state index in [4.69, 9.17) is 0 Å². The predicted molar refractivity (Wildman–Crippen MR) is 42.0 cm³/mol. The maximum Gasteiger partial charge on any atom is 0.219 e. The molecule has 0 bridgehead atoms. The molecule has 0 aromatic rings. The van der Waals surface area contributed by atoms with Crippen LogP contribution in [0.3, 0.4) is 0 Å². The van der Waals surface area contributed by atoms with E-state index in [2.05, 4.69) is 0 Å². The molecule has 64 valence electrons. The van der Waals surface area contributed by atoms with Crippen LogP contribution in [0.1, 0.15) is 20.8 Å². The Morgan fingerprint density at radius 1 is 1.55 bits per heavy atom. The summed E-state index contributed by atoms with van der Waals surface area (Å²) in [4.78, 5) is 12.4. The average molecular weight is 157 g/mol. The Morgan fingerprint density at radius 2 is 2.00 bits per heavy atom. The van der Waals surface area contributed by atoms with Crippen molar-refractivity contribution >= 4 is 5.91 Å². The molecule has 1 amide bonds. The van der Waals surface area contributed by atoms with Crippen LogP contribution in [0.5, 0.6) is 0 Å². The van der Waals surface area contributed by atoms with Gasteiger partial charge < -0.3 is 10.0 Å². The average Bonchev–Trinajstić information content (AvgIpc) is 1.79. The van der Waals surface area contributed by atoms with Gasteiger partial charge in [-0.2, -0.15) is 0 Å². The minimum atomic E-state index is -0.619. The lowest BCUT2D eigenvalue weighted by Crippen LogP contribution is -2.65. The Morgan fingerprint density at radius 3 is 2.27 bits per heavy atom. The van der Waals surface area contributed by atoms with Crippen LogP contribution in [-0.4, -0.2) is 34.6 Å². The standard InChI is InChI=1S/C8H15NO2/c1-6(2)8(11)4-9(5-8)7(3)10/h6,11H,4-5H2,1-3H3. The van der Waals surface area contributed by atoms with E-state index in [1.165, 1.54) is 6.92 Å². The van der Waals surface area contributed by atoms with Crippen molar-refractivity contribution in [2.45, 2.75) is 26.4 Å². The number of hydrogen-bond donors (Lipinski definition) is 1. The molecule has 1 fully saturated rings. The minimum Gasteiger partial charge on any atom is -0.386 e. The van der Waals surface area contributed by atoms with E-state index >= 15 is 0 Å². The van der Waals surface area contributed by atoms with Crippen molar-refractivity contribution in [3.63, 3.8) is 0 Å². The van der Waals surface area contributed by atoms with Crippen LogP contribution >= 0.6 is 0 Å². The van der Waals surface area contributed by atoms with Gasteiger partial charge in [0.05, 0.1) is 13.1 Å². The number of rotatable bonds is 1. The highest BCUT2D eigenvalue weighted by Gasteiger charge is 2.44. The van der Waals surface area contributed by atoms with Crippen molar-refractivity contribution < 1.29 is 9.90 Å². The van der Waals surface area contributed by atoms with Gasteiger partial charge in [-0.15, -0.1) is 0 Å². The second-order valence-electron chi connectivity index (χ2n) is 3.63. The Kier molecular flexibility index (Phi) is 1.92. The van der Waals surface area contributed by atoms with Crippen molar-refractivity contribution in [2.75, 3.05) is 13.1 Å². The van der Waals surface area contributed by atoms with Gasteiger partial charge in [-0.25, -0.2) is 0 Å². The molecule has 1 heterocycles. The fourth-order valence-electron chi connectivity index (χ4n) is 1.20. The number of nitrogens with zero attached hydrogens (tertiary/aromatic N) is 1. The van der Waals surface area contributed by atoms with Crippen molar-refractivity contribution in [3.05, 3.63) is 0 Å². The van der Waals surface area contributed by atoms with Crippen LogP contribution in [0.2, 0.25) is 0 Å². The van der Waals surface area contributed by atoms with E-state index in [-0.39, 0.29) is 11.8 Å². The fourth-order valence-corrected chi connectivity index (χ4v) is 1.20. The highest BCUT2D eigenvalue weighted by Crippen LogP contribution is 2.28. The lowest BCUT2D eigenvalue weighted by molar-refractivity contribution is -0.161. The molecule has 1 aliphatic rings. The normalized spacial score (nSPS) is 21.7. The summed E-state index contributed by atoms with van der Waals surface area (Å²) in [6, 6.07) is 0. The van der Waals surface area contributed by atoms with Crippen LogP contribution < -0.4 is 0 Å². The lowest BCUT2D eigenvalue weighted by Gasteiger charge is -2.48. The third kappa shape index (κ3) is 1.38. The summed E-state index contributed by atoms with van der Waals surface area (Å²) < 4.78 is 0. The van der Waals surface area contributed by atoms with Gasteiger partial charge in [-0.1, -0.05) is 13.8 Å². The zero-order valence-electron chi connectivity index (χ0n) is 7.29. The highest BCUT2D eigenvalue weighted by atomic mass is 16.3.